The zero-order valence-corrected chi connectivity index (χ0v) is 14.3. The highest BCUT2D eigenvalue weighted by Crippen LogP contribution is 2.57. The summed E-state index contributed by atoms with van der Waals surface area (Å²) in [5.41, 5.74) is 1.74. The second kappa shape index (κ2) is 5.17. The number of nitrogens with one attached hydrogen (secondary N) is 1. The van der Waals surface area contributed by atoms with Gasteiger partial charge in [-0.05, 0) is 44.4 Å². The van der Waals surface area contributed by atoms with E-state index in [0.29, 0.717) is 30.0 Å². The molecule has 5 heteroatoms. The fourth-order valence-electron chi connectivity index (χ4n) is 5.76. The predicted molar refractivity (Wildman–Crippen MR) is 89.6 cm³/mol. The van der Waals surface area contributed by atoms with Crippen molar-refractivity contribution in [3.05, 3.63) is 27.4 Å². The van der Waals surface area contributed by atoms with E-state index in [2.05, 4.69) is 14.9 Å². The van der Waals surface area contributed by atoms with Crippen molar-refractivity contribution >= 4 is 5.91 Å². The monoisotopic (exact) mass is 327 g/mol. The second-order valence-corrected chi connectivity index (χ2v) is 8.25. The van der Waals surface area contributed by atoms with E-state index in [4.69, 9.17) is 0 Å². The molecule has 3 heterocycles. The number of hydrogen-bond donors (Lipinski definition) is 1. The predicted octanol–water partition coefficient (Wildman–Crippen LogP) is 1.97. The lowest BCUT2D eigenvalue weighted by Crippen LogP contribution is -2.43. The molecule has 1 saturated heterocycles. The number of fused-ring (bicyclic) bond motifs is 4. The second-order valence-electron chi connectivity index (χ2n) is 8.25. The number of rotatable bonds is 1. The zero-order valence-electron chi connectivity index (χ0n) is 14.3. The summed E-state index contributed by atoms with van der Waals surface area (Å²) in [4.78, 5) is 35.2. The molecule has 2 bridgehead atoms. The molecule has 4 atom stereocenters. The summed E-state index contributed by atoms with van der Waals surface area (Å²) in [5, 5.41) is 0. The van der Waals surface area contributed by atoms with Gasteiger partial charge in [0.2, 0.25) is 5.91 Å². The van der Waals surface area contributed by atoms with Gasteiger partial charge in [0.1, 0.15) is 5.82 Å². The molecule has 5 nitrogen and oxygen atoms in total. The van der Waals surface area contributed by atoms with E-state index < -0.39 is 0 Å². The molecule has 1 N–H and O–H groups in total. The molecule has 2 aliphatic carbocycles. The number of carbonyl (C=O) groups excluding carboxylic acids is 1. The van der Waals surface area contributed by atoms with Crippen LogP contribution in [0.15, 0.2) is 4.79 Å². The van der Waals surface area contributed by atoms with E-state index in [-0.39, 0.29) is 23.6 Å². The summed E-state index contributed by atoms with van der Waals surface area (Å²) in [6.45, 7) is 1.84. The van der Waals surface area contributed by atoms with E-state index in [1.54, 1.807) is 0 Å². The van der Waals surface area contributed by atoms with Gasteiger partial charge in [-0.15, -0.1) is 0 Å². The maximum Gasteiger partial charge on any atom is 0.254 e. The van der Waals surface area contributed by atoms with Crippen LogP contribution in [0.3, 0.4) is 0 Å². The third kappa shape index (κ3) is 2.09. The van der Waals surface area contributed by atoms with Crippen LogP contribution in [0.4, 0.5) is 0 Å². The Morgan fingerprint density at radius 3 is 2.46 bits per heavy atom. The van der Waals surface area contributed by atoms with Crippen LogP contribution >= 0.6 is 0 Å². The zero-order chi connectivity index (χ0) is 16.4. The molecule has 1 aromatic heterocycles. The molecule has 5 rings (SSSR count). The van der Waals surface area contributed by atoms with Crippen LogP contribution in [-0.2, 0) is 17.6 Å². The van der Waals surface area contributed by atoms with Gasteiger partial charge in [0.25, 0.3) is 5.56 Å². The minimum atomic E-state index is -0.00228. The number of aryl methyl sites for hydroxylation is 1. The van der Waals surface area contributed by atoms with E-state index in [9.17, 15) is 9.59 Å². The third-order valence-corrected chi connectivity index (χ3v) is 6.90. The quantitative estimate of drug-likeness (QED) is 0.857. The smallest absolute Gasteiger partial charge is 0.254 e. The molecule has 0 spiro atoms. The number of aromatic nitrogens is 2. The molecule has 128 valence electrons. The van der Waals surface area contributed by atoms with Crippen LogP contribution in [0.5, 0.6) is 0 Å². The highest BCUT2D eigenvalue weighted by Gasteiger charge is 2.57. The Labute approximate surface area is 141 Å². The van der Waals surface area contributed by atoms with Gasteiger partial charge in [-0.2, -0.15) is 0 Å². The third-order valence-electron chi connectivity index (χ3n) is 6.90. The number of H-pyrrole nitrogens is 1. The first kappa shape index (κ1) is 14.7. The van der Waals surface area contributed by atoms with Gasteiger partial charge in [0.05, 0.1) is 5.69 Å². The Morgan fingerprint density at radius 1 is 1.08 bits per heavy atom. The Hall–Kier alpha value is -1.65. The summed E-state index contributed by atoms with van der Waals surface area (Å²) in [6.07, 6.45) is 8.60. The SMILES string of the molecule is Cc1nc2c(c(=O)[nH]1)C[C@@H]1CC[C@H](C2)N1C(=O)C1[C@H]2CCCC[C@H]12. The maximum atomic E-state index is 13.3. The Bertz CT molecular complexity index is 743. The summed E-state index contributed by atoms with van der Waals surface area (Å²) < 4.78 is 0. The van der Waals surface area contributed by atoms with Gasteiger partial charge in [0.15, 0.2) is 0 Å². The number of aromatic amines is 1. The van der Waals surface area contributed by atoms with Crippen LogP contribution in [0, 0.1) is 24.7 Å². The molecular weight excluding hydrogens is 302 g/mol. The van der Waals surface area contributed by atoms with E-state index >= 15 is 0 Å². The Morgan fingerprint density at radius 2 is 1.75 bits per heavy atom. The van der Waals surface area contributed by atoms with Gasteiger partial charge in [-0.3, -0.25) is 9.59 Å². The summed E-state index contributed by atoms with van der Waals surface area (Å²) in [5.74, 6) is 2.66. The Balaban J connectivity index is 1.44. The van der Waals surface area contributed by atoms with Crippen LogP contribution in [0.2, 0.25) is 0 Å². The average Bonchev–Trinajstić information content (AvgIpc) is 3.18. The van der Waals surface area contributed by atoms with Crippen molar-refractivity contribution in [3.8, 4) is 0 Å². The van der Waals surface area contributed by atoms with E-state index in [0.717, 1.165) is 30.5 Å². The van der Waals surface area contributed by atoms with Crippen LogP contribution in [-0.4, -0.2) is 32.9 Å². The van der Waals surface area contributed by atoms with E-state index in [1.165, 1.54) is 25.7 Å². The Kier molecular flexibility index (Phi) is 3.16. The number of amides is 1. The number of hydrogen-bond acceptors (Lipinski definition) is 3. The summed E-state index contributed by atoms with van der Waals surface area (Å²) in [7, 11) is 0. The first-order valence-electron chi connectivity index (χ1n) is 9.54. The van der Waals surface area contributed by atoms with Gasteiger partial charge in [-0.1, -0.05) is 12.8 Å². The van der Waals surface area contributed by atoms with Crippen molar-refractivity contribution < 1.29 is 4.79 Å². The topological polar surface area (TPSA) is 66.1 Å². The molecule has 4 aliphatic rings. The lowest BCUT2D eigenvalue weighted by Gasteiger charge is -2.28. The standard InChI is InChI=1S/C19H25N3O2/c1-10-20-16-9-12-7-6-11(8-15(16)18(23)21-10)22(12)19(24)17-13-4-2-3-5-14(13)17/h11-14,17H,2-9H2,1H3,(H,20,21,23)/t11-,12+,13-,14-/m0/s1. The van der Waals surface area contributed by atoms with Crippen LogP contribution in [0.25, 0.3) is 0 Å². The fourth-order valence-corrected chi connectivity index (χ4v) is 5.76. The largest absolute Gasteiger partial charge is 0.336 e. The number of carbonyl (C=O) groups is 1. The minimum absolute atomic E-state index is 0.00228. The first-order valence-corrected chi connectivity index (χ1v) is 9.54. The van der Waals surface area contributed by atoms with Crippen molar-refractivity contribution in [2.75, 3.05) is 0 Å². The van der Waals surface area contributed by atoms with Crippen molar-refractivity contribution in [1.82, 2.24) is 14.9 Å². The summed E-state index contributed by atoms with van der Waals surface area (Å²) in [6, 6.07) is 0.456. The lowest BCUT2D eigenvalue weighted by molar-refractivity contribution is -0.136. The number of nitrogens with zero attached hydrogens (tertiary/aromatic N) is 2. The van der Waals surface area contributed by atoms with Crippen molar-refractivity contribution in [1.29, 1.82) is 0 Å². The van der Waals surface area contributed by atoms with Crippen molar-refractivity contribution in [2.24, 2.45) is 17.8 Å². The average molecular weight is 327 g/mol. The molecule has 0 aromatic carbocycles. The van der Waals surface area contributed by atoms with Gasteiger partial charge >= 0.3 is 0 Å². The van der Waals surface area contributed by atoms with Gasteiger partial charge in [-0.25, -0.2) is 4.98 Å². The normalized spacial score (nSPS) is 36.7. The lowest BCUT2D eigenvalue weighted by atomic mass is 9.98. The van der Waals surface area contributed by atoms with Gasteiger partial charge in [0, 0.05) is 36.4 Å². The van der Waals surface area contributed by atoms with Gasteiger partial charge < -0.3 is 9.88 Å². The molecule has 24 heavy (non-hydrogen) atoms. The minimum Gasteiger partial charge on any atom is -0.336 e. The molecule has 0 radical (unpaired) electrons. The first-order chi connectivity index (χ1) is 11.6. The molecule has 2 saturated carbocycles. The molecule has 1 amide bonds. The molecule has 2 aliphatic heterocycles. The molecule has 1 aromatic rings. The van der Waals surface area contributed by atoms with Crippen LogP contribution in [0.1, 0.15) is 55.6 Å². The maximum absolute atomic E-state index is 13.3. The van der Waals surface area contributed by atoms with Crippen molar-refractivity contribution in [3.63, 3.8) is 0 Å². The van der Waals surface area contributed by atoms with E-state index in [1.807, 2.05) is 6.92 Å². The van der Waals surface area contributed by atoms with Crippen LogP contribution < -0.4 is 5.56 Å². The fraction of sp³-hybridized carbons (Fsp3) is 0.737. The molecule has 0 unspecified atom stereocenters. The molecule has 3 fully saturated rings. The van der Waals surface area contributed by atoms with Crippen molar-refractivity contribution in [2.45, 2.75) is 70.4 Å². The highest BCUT2D eigenvalue weighted by atomic mass is 16.2. The summed E-state index contributed by atoms with van der Waals surface area (Å²) >= 11 is 0. The molecular formula is C19H25N3O2. The highest BCUT2D eigenvalue weighted by molar-refractivity contribution is 5.83.